The summed E-state index contributed by atoms with van der Waals surface area (Å²) < 4.78 is 0. The van der Waals surface area contributed by atoms with Gasteiger partial charge in [0.2, 0.25) is 0 Å². The molecule has 0 unspecified atom stereocenters. The van der Waals surface area contributed by atoms with Crippen molar-refractivity contribution in [3.63, 3.8) is 0 Å². The second kappa shape index (κ2) is 5.50. The minimum atomic E-state index is -0.482. The molecule has 0 atom stereocenters. The van der Waals surface area contributed by atoms with E-state index in [-0.39, 0.29) is 5.69 Å². The first-order chi connectivity index (χ1) is 7.15. The summed E-state index contributed by atoms with van der Waals surface area (Å²) in [5.41, 5.74) is 11.2. The number of hydrazine groups is 1. The van der Waals surface area contributed by atoms with Crippen molar-refractivity contribution in [3.8, 4) is 0 Å². The zero-order valence-electron chi connectivity index (χ0n) is 7.87. The van der Waals surface area contributed by atoms with Crippen molar-refractivity contribution < 1.29 is 4.92 Å². The van der Waals surface area contributed by atoms with Crippen molar-refractivity contribution in [1.82, 2.24) is 5.43 Å². The fourth-order valence-corrected chi connectivity index (χ4v) is 1.12. The molecular formula is C8H11ClN4O2. The lowest BCUT2D eigenvalue weighted by Crippen LogP contribution is -2.27. The molecule has 7 heteroatoms. The van der Waals surface area contributed by atoms with Gasteiger partial charge in [0.05, 0.1) is 15.6 Å². The van der Waals surface area contributed by atoms with Crippen LogP contribution < -0.4 is 16.6 Å². The number of nitrogens with zero attached hydrogens (tertiary/aromatic N) is 1. The number of benzene rings is 1. The molecule has 0 saturated carbocycles. The highest BCUT2D eigenvalue weighted by molar-refractivity contribution is 6.33. The first-order valence-electron chi connectivity index (χ1n) is 4.28. The van der Waals surface area contributed by atoms with Crippen molar-refractivity contribution >= 4 is 23.0 Å². The molecule has 0 aliphatic heterocycles. The number of nitro benzene ring substituents is 1. The standard InChI is InChI=1S/C8H11ClN4O2/c9-7-2-1-6(13(14)15)5-8(7)12-11-4-3-10/h1-2,5,11-12H,3-4,10H2. The fraction of sp³-hybridized carbons (Fsp3) is 0.250. The Kier molecular flexibility index (Phi) is 4.29. The predicted octanol–water partition coefficient (Wildman–Crippen LogP) is 1.12. The summed E-state index contributed by atoms with van der Waals surface area (Å²) in [6.07, 6.45) is 0. The average Bonchev–Trinajstić information content (AvgIpc) is 2.20. The maximum atomic E-state index is 10.5. The number of hydrogen-bond acceptors (Lipinski definition) is 5. The van der Waals surface area contributed by atoms with Crippen LogP contribution in [0.4, 0.5) is 11.4 Å². The van der Waals surface area contributed by atoms with Crippen LogP contribution in [-0.4, -0.2) is 18.0 Å². The molecule has 0 fully saturated rings. The zero-order chi connectivity index (χ0) is 11.3. The van der Waals surface area contributed by atoms with Gasteiger partial charge in [0.25, 0.3) is 5.69 Å². The van der Waals surface area contributed by atoms with Crippen LogP contribution in [0, 0.1) is 10.1 Å². The Hall–Kier alpha value is -1.37. The Balaban J connectivity index is 2.76. The van der Waals surface area contributed by atoms with E-state index in [2.05, 4.69) is 10.9 Å². The van der Waals surface area contributed by atoms with Gasteiger partial charge in [0, 0.05) is 25.2 Å². The van der Waals surface area contributed by atoms with Crippen molar-refractivity contribution in [1.29, 1.82) is 0 Å². The monoisotopic (exact) mass is 230 g/mol. The Labute approximate surface area is 91.5 Å². The molecule has 0 aromatic heterocycles. The third-order valence-electron chi connectivity index (χ3n) is 1.65. The average molecular weight is 231 g/mol. The van der Waals surface area contributed by atoms with Crippen LogP contribution >= 0.6 is 11.6 Å². The molecule has 1 rings (SSSR count). The topological polar surface area (TPSA) is 93.2 Å². The summed E-state index contributed by atoms with van der Waals surface area (Å²) in [6.45, 7) is 0.999. The molecule has 0 saturated heterocycles. The van der Waals surface area contributed by atoms with Gasteiger partial charge in [0.1, 0.15) is 0 Å². The van der Waals surface area contributed by atoms with Gasteiger partial charge in [-0.05, 0) is 6.07 Å². The molecule has 15 heavy (non-hydrogen) atoms. The third-order valence-corrected chi connectivity index (χ3v) is 1.98. The summed E-state index contributed by atoms with van der Waals surface area (Å²) in [5.74, 6) is 0. The number of nitro groups is 1. The van der Waals surface area contributed by atoms with E-state index in [0.717, 1.165) is 0 Å². The van der Waals surface area contributed by atoms with E-state index in [4.69, 9.17) is 17.3 Å². The Bertz CT molecular complexity index is 358. The summed E-state index contributed by atoms with van der Waals surface area (Å²) in [5, 5.41) is 10.9. The number of nitrogens with one attached hydrogen (secondary N) is 2. The number of hydrogen-bond donors (Lipinski definition) is 3. The van der Waals surface area contributed by atoms with E-state index in [9.17, 15) is 10.1 Å². The summed E-state index contributed by atoms with van der Waals surface area (Å²) in [4.78, 5) is 10.0. The molecule has 0 spiro atoms. The maximum absolute atomic E-state index is 10.5. The van der Waals surface area contributed by atoms with E-state index in [1.165, 1.54) is 18.2 Å². The molecule has 0 heterocycles. The first-order valence-corrected chi connectivity index (χ1v) is 4.66. The number of nitrogens with two attached hydrogens (primary N) is 1. The van der Waals surface area contributed by atoms with Gasteiger partial charge in [-0.1, -0.05) is 11.6 Å². The highest BCUT2D eigenvalue weighted by atomic mass is 35.5. The largest absolute Gasteiger partial charge is 0.329 e. The molecule has 4 N–H and O–H groups in total. The smallest absolute Gasteiger partial charge is 0.271 e. The number of rotatable bonds is 5. The van der Waals surface area contributed by atoms with Gasteiger partial charge >= 0.3 is 0 Å². The maximum Gasteiger partial charge on any atom is 0.271 e. The second-order valence-electron chi connectivity index (χ2n) is 2.76. The Morgan fingerprint density at radius 3 is 2.87 bits per heavy atom. The van der Waals surface area contributed by atoms with Crippen LogP contribution in [0.2, 0.25) is 5.02 Å². The number of anilines is 1. The molecule has 1 aromatic rings. The highest BCUT2D eigenvalue weighted by Crippen LogP contribution is 2.25. The van der Waals surface area contributed by atoms with Crippen LogP contribution in [-0.2, 0) is 0 Å². The first kappa shape index (κ1) is 11.7. The van der Waals surface area contributed by atoms with E-state index in [1.54, 1.807) is 0 Å². The molecule has 0 amide bonds. The van der Waals surface area contributed by atoms with E-state index < -0.39 is 4.92 Å². The van der Waals surface area contributed by atoms with Gasteiger partial charge in [-0.2, -0.15) is 0 Å². The van der Waals surface area contributed by atoms with Gasteiger partial charge in [-0.25, -0.2) is 5.43 Å². The molecule has 6 nitrogen and oxygen atoms in total. The quantitative estimate of drug-likeness (QED) is 0.400. The van der Waals surface area contributed by atoms with Crippen LogP contribution in [0.25, 0.3) is 0 Å². The van der Waals surface area contributed by atoms with Crippen molar-refractivity contribution in [2.75, 3.05) is 18.5 Å². The van der Waals surface area contributed by atoms with Gasteiger partial charge < -0.3 is 11.2 Å². The molecule has 82 valence electrons. The minimum absolute atomic E-state index is 0.0172. The Morgan fingerprint density at radius 2 is 2.27 bits per heavy atom. The fourth-order valence-electron chi connectivity index (χ4n) is 0.953. The molecule has 0 bridgehead atoms. The van der Waals surface area contributed by atoms with E-state index in [0.29, 0.717) is 23.8 Å². The molecule has 0 radical (unpaired) electrons. The normalized spacial score (nSPS) is 10.0. The molecule has 1 aromatic carbocycles. The van der Waals surface area contributed by atoms with Crippen molar-refractivity contribution in [2.45, 2.75) is 0 Å². The lowest BCUT2D eigenvalue weighted by molar-refractivity contribution is -0.384. The second-order valence-corrected chi connectivity index (χ2v) is 3.17. The SMILES string of the molecule is NCCNNc1cc([N+](=O)[O-])ccc1Cl. The zero-order valence-corrected chi connectivity index (χ0v) is 8.62. The summed E-state index contributed by atoms with van der Waals surface area (Å²) in [6, 6.07) is 4.16. The lowest BCUT2D eigenvalue weighted by atomic mass is 10.3. The van der Waals surface area contributed by atoms with Crippen LogP contribution in [0.5, 0.6) is 0 Å². The van der Waals surface area contributed by atoms with Crippen LogP contribution in [0.3, 0.4) is 0 Å². The number of non-ortho nitro benzene ring substituents is 1. The molecule has 0 aliphatic rings. The summed E-state index contributed by atoms with van der Waals surface area (Å²) in [7, 11) is 0. The van der Waals surface area contributed by atoms with Gasteiger partial charge in [-0.15, -0.1) is 0 Å². The van der Waals surface area contributed by atoms with Crippen molar-refractivity contribution in [2.24, 2.45) is 5.73 Å². The molecular weight excluding hydrogens is 220 g/mol. The minimum Gasteiger partial charge on any atom is -0.329 e. The van der Waals surface area contributed by atoms with Crippen molar-refractivity contribution in [3.05, 3.63) is 33.3 Å². The predicted molar refractivity (Wildman–Crippen MR) is 58.8 cm³/mol. The lowest BCUT2D eigenvalue weighted by Gasteiger charge is -2.08. The Morgan fingerprint density at radius 1 is 1.53 bits per heavy atom. The van der Waals surface area contributed by atoms with E-state index >= 15 is 0 Å². The molecule has 0 aliphatic carbocycles. The van der Waals surface area contributed by atoms with Crippen LogP contribution in [0.1, 0.15) is 0 Å². The summed E-state index contributed by atoms with van der Waals surface area (Å²) >= 11 is 5.82. The highest BCUT2D eigenvalue weighted by Gasteiger charge is 2.08. The van der Waals surface area contributed by atoms with Crippen LogP contribution in [0.15, 0.2) is 18.2 Å². The number of halogens is 1. The van der Waals surface area contributed by atoms with Gasteiger partial charge in [0.15, 0.2) is 0 Å². The third kappa shape index (κ3) is 3.35. The van der Waals surface area contributed by atoms with Gasteiger partial charge in [-0.3, -0.25) is 10.1 Å². The van der Waals surface area contributed by atoms with E-state index in [1.807, 2.05) is 0 Å².